The quantitative estimate of drug-likeness (QED) is 0.905. The van der Waals surface area contributed by atoms with Gasteiger partial charge in [-0.15, -0.1) is 11.3 Å². The normalized spacial score (nSPS) is 18.3. The first kappa shape index (κ1) is 16.2. The zero-order valence-corrected chi connectivity index (χ0v) is 14.7. The average Bonchev–Trinajstić information content (AvgIpc) is 3.15. The Labute approximate surface area is 142 Å². The molecule has 1 fully saturated rings. The molecule has 0 aliphatic carbocycles. The van der Waals surface area contributed by atoms with Gasteiger partial charge >= 0.3 is 0 Å². The maximum Gasteiger partial charge on any atom is 0.234 e. The summed E-state index contributed by atoms with van der Waals surface area (Å²) >= 11 is 1.68. The third-order valence-corrected chi connectivity index (χ3v) is 5.26. The van der Waals surface area contributed by atoms with Gasteiger partial charge in [-0.3, -0.25) is 9.69 Å². The van der Waals surface area contributed by atoms with Gasteiger partial charge in [-0.05, 0) is 50.2 Å². The van der Waals surface area contributed by atoms with E-state index in [1.165, 1.54) is 21.6 Å². The molecule has 122 valence electrons. The van der Waals surface area contributed by atoms with Crippen LogP contribution in [0.4, 0.5) is 0 Å². The molecular weight excluding hydrogens is 304 g/mol. The second-order valence-corrected chi connectivity index (χ2v) is 7.44. The van der Waals surface area contributed by atoms with Crippen molar-refractivity contribution in [1.82, 2.24) is 10.2 Å². The Morgan fingerprint density at radius 3 is 2.78 bits per heavy atom. The Balaban J connectivity index is 1.61. The molecule has 3 rings (SSSR count). The third kappa shape index (κ3) is 4.21. The number of amides is 1. The van der Waals surface area contributed by atoms with Crippen molar-refractivity contribution in [2.75, 3.05) is 13.1 Å². The van der Waals surface area contributed by atoms with Gasteiger partial charge in [0.25, 0.3) is 0 Å². The fraction of sp³-hybridized carbons (Fsp3) is 0.421. The molecule has 1 amide bonds. The van der Waals surface area contributed by atoms with Crippen LogP contribution in [0.3, 0.4) is 0 Å². The lowest BCUT2D eigenvalue weighted by Crippen LogP contribution is -2.36. The average molecular weight is 328 g/mol. The van der Waals surface area contributed by atoms with Gasteiger partial charge in [0.1, 0.15) is 0 Å². The minimum atomic E-state index is 0.120. The maximum absolute atomic E-state index is 12.3. The number of hydrogen-bond acceptors (Lipinski definition) is 3. The Morgan fingerprint density at radius 2 is 2.09 bits per heavy atom. The summed E-state index contributed by atoms with van der Waals surface area (Å²) in [7, 11) is 0. The van der Waals surface area contributed by atoms with Gasteiger partial charge in [0.05, 0.1) is 13.1 Å². The van der Waals surface area contributed by atoms with E-state index < -0.39 is 0 Å². The van der Waals surface area contributed by atoms with Crippen molar-refractivity contribution < 1.29 is 4.79 Å². The zero-order valence-electron chi connectivity index (χ0n) is 13.8. The summed E-state index contributed by atoms with van der Waals surface area (Å²) in [6.45, 7) is 6.42. The van der Waals surface area contributed by atoms with Crippen LogP contribution in [-0.2, 0) is 11.3 Å². The van der Waals surface area contributed by atoms with Crippen molar-refractivity contribution in [3.05, 3.63) is 57.3 Å². The topological polar surface area (TPSA) is 32.3 Å². The monoisotopic (exact) mass is 328 g/mol. The Kier molecular flexibility index (Phi) is 5.13. The van der Waals surface area contributed by atoms with Crippen LogP contribution in [0, 0.1) is 13.8 Å². The number of nitrogens with zero attached hydrogens (tertiary/aromatic N) is 1. The molecule has 0 radical (unpaired) electrons. The van der Waals surface area contributed by atoms with Gasteiger partial charge in [-0.25, -0.2) is 0 Å². The van der Waals surface area contributed by atoms with Gasteiger partial charge in [0.2, 0.25) is 5.91 Å². The highest BCUT2D eigenvalue weighted by molar-refractivity contribution is 7.09. The number of hydrogen-bond donors (Lipinski definition) is 1. The number of thiophene rings is 1. The lowest BCUT2D eigenvalue weighted by molar-refractivity contribution is -0.122. The molecule has 1 saturated heterocycles. The van der Waals surface area contributed by atoms with E-state index in [1.807, 2.05) is 11.4 Å². The summed E-state index contributed by atoms with van der Waals surface area (Å²) in [6.07, 6.45) is 2.30. The number of likely N-dealkylation sites (tertiary alicyclic amines) is 1. The molecule has 0 bridgehead atoms. The van der Waals surface area contributed by atoms with Crippen LogP contribution in [0.5, 0.6) is 0 Å². The van der Waals surface area contributed by atoms with Crippen LogP contribution in [0.15, 0.2) is 35.7 Å². The van der Waals surface area contributed by atoms with E-state index in [2.05, 4.69) is 48.3 Å². The van der Waals surface area contributed by atoms with Gasteiger partial charge in [-0.1, -0.05) is 35.4 Å². The summed E-state index contributed by atoms with van der Waals surface area (Å²) in [5, 5.41) is 5.08. The summed E-state index contributed by atoms with van der Waals surface area (Å²) in [5.74, 6) is 0.120. The van der Waals surface area contributed by atoms with Gasteiger partial charge in [0, 0.05) is 10.9 Å². The Hall–Kier alpha value is -1.65. The molecule has 0 saturated carbocycles. The maximum atomic E-state index is 12.3. The molecule has 1 unspecified atom stereocenters. The Morgan fingerprint density at radius 1 is 1.30 bits per heavy atom. The van der Waals surface area contributed by atoms with E-state index in [9.17, 15) is 4.79 Å². The van der Waals surface area contributed by atoms with Crippen LogP contribution in [0.1, 0.15) is 40.5 Å². The van der Waals surface area contributed by atoms with Gasteiger partial charge in [0.15, 0.2) is 0 Å². The molecule has 4 heteroatoms. The predicted octanol–water partition coefficient (Wildman–Crippen LogP) is 3.82. The molecular formula is C19H24N2OS. The third-order valence-electron chi connectivity index (χ3n) is 4.38. The molecule has 1 aliphatic heterocycles. The first-order valence-corrected chi connectivity index (χ1v) is 9.11. The predicted molar refractivity (Wildman–Crippen MR) is 95.6 cm³/mol. The molecule has 3 nitrogen and oxygen atoms in total. The number of nitrogens with one attached hydrogen (secondary N) is 1. The van der Waals surface area contributed by atoms with Crippen molar-refractivity contribution in [2.24, 2.45) is 0 Å². The highest BCUT2D eigenvalue weighted by Crippen LogP contribution is 2.32. The number of aryl methyl sites for hydroxylation is 2. The lowest BCUT2D eigenvalue weighted by atomic mass is 9.99. The van der Waals surface area contributed by atoms with Crippen molar-refractivity contribution in [3.8, 4) is 0 Å². The number of rotatable bonds is 5. The summed E-state index contributed by atoms with van der Waals surface area (Å²) in [6, 6.07) is 11.2. The van der Waals surface area contributed by atoms with Crippen molar-refractivity contribution in [2.45, 2.75) is 39.3 Å². The molecule has 23 heavy (non-hydrogen) atoms. The fourth-order valence-electron chi connectivity index (χ4n) is 3.43. The molecule has 1 atom stereocenters. The molecule has 0 spiro atoms. The van der Waals surface area contributed by atoms with E-state index in [-0.39, 0.29) is 5.91 Å². The SMILES string of the molecule is Cc1cc(C)cc(C2CCCN2CC(=O)NCc2cccs2)c1. The highest BCUT2D eigenvalue weighted by Gasteiger charge is 2.27. The van der Waals surface area contributed by atoms with Crippen LogP contribution >= 0.6 is 11.3 Å². The first-order valence-electron chi connectivity index (χ1n) is 8.23. The lowest BCUT2D eigenvalue weighted by Gasteiger charge is -2.25. The van der Waals surface area contributed by atoms with Gasteiger partial charge in [-0.2, -0.15) is 0 Å². The van der Waals surface area contributed by atoms with Gasteiger partial charge < -0.3 is 5.32 Å². The van der Waals surface area contributed by atoms with E-state index in [1.54, 1.807) is 11.3 Å². The first-order chi connectivity index (χ1) is 11.1. The summed E-state index contributed by atoms with van der Waals surface area (Å²) in [4.78, 5) is 15.8. The molecule has 2 heterocycles. The molecule has 1 aliphatic rings. The molecule has 2 aromatic rings. The number of benzene rings is 1. The smallest absolute Gasteiger partial charge is 0.234 e. The van der Waals surface area contributed by atoms with Crippen molar-refractivity contribution >= 4 is 17.2 Å². The Bertz CT molecular complexity index is 646. The molecule has 1 N–H and O–H groups in total. The van der Waals surface area contributed by atoms with E-state index in [4.69, 9.17) is 0 Å². The fourth-order valence-corrected chi connectivity index (χ4v) is 4.08. The van der Waals surface area contributed by atoms with Crippen LogP contribution in [-0.4, -0.2) is 23.9 Å². The van der Waals surface area contributed by atoms with Crippen LogP contribution in [0.25, 0.3) is 0 Å². The van der Waals surface area contributed by atoms with Crippen molar-refractivity contribution in [3.63, 3.8) is 0 Å². The summed E-state index contributed by atoms with van der Waals surface area (Å²) in [5.41, 5.74) is 3.95. The zero-order chi connectivity index (χ0) is 16.2. The minimum Gasteiger partial charge on any atom is -0.350 e. The molecule has 1 aromatic carbocycles. The van der Waals surface area contributed by atoms with Crippen LogP contribution < -0.4 is 5.32 Å². The van der Waals surface area contributed by atoms with Crippen LogP contribution in [0.2, 0.25) is 0 Å². The minimum absolute atomic E-state index is 0.120. The van der Waals surface area contributed by atoms with E-state index >= 15 is 0 Å². The number of carbonyl (C=O) groups is 1. The van der Waals surface area contributed by atoms with Crippen molar-refractivity contribution in [1.29, 1.82) is 0 Å². The number of carbonyl (C=O) groups excluding carboxylic acids is 1. The summed E-state index contributed by atoms with van der Waals surface area (Å²) < 4.78 is 0. The standard InChI is InChI=1S/C19H24N2OS/c1-14-9-15(2)11-16(10-14)18-6-3-7-21(18)13-19(22)20-12-17-5-4-8-23-17/h4-5,8-11,18H,3,6-7,12-13H2,1-2H3,(H,20,22). The molecule has 1 aromatic heterocycles. The van der Waals surface area contributed by atoms with E-state index in [0.717, 1.165) is 19.4 Å². The largest absolute Gasteiger partial charge is 0.350 e. The second kappa shape index (κ2) is 7.28. The van der Waals surface area contributed by atoms with E-state index in [0.29, 0.717) is 19.1 Å². The highest BCUT2D eigenvalue weighted by atomic mass is 32.1. The second-order valence-electron chi connectivity index (χ2n) is 6.41.